The van der Waals surface area contributed by atoms with E-state index < -0.39 is 5.97 Å². The number of carboxylic acids is 1. The highest BCUT2D eigenvalue weighted by Gasteiger charge is 2.11. The van der Waals surface area contributed by atoms with Crippen molar-refractivity contribution in [3.63, 3.8) is 0 Å². The molecule has 0 fully saturated rings. The maximum atomic E-state index is 11.4. The highest BCUT2D eigenvalue weighted by Crippen LogP contribution is 2.06. The number of carbonyl (C=O) groups is 2. The van der Waals surface area contributed by atoms with Crippen molar-refractivity contribution in [2.75, 3.05) is 11.5 Å². The van der Waals surface area contributed by atoms with Crippen LogP contribution in [-0.2, 0) is 9.59 Å². The number of rotatable bonds is 6. The molecule has 0 bridgehead atoms. The highest BCUT2D eigenvalue weighted by molar-refractivity contribution is 8.00. The van der Waals surface area contributed by atoms with Gasteiger partial charge in [0.2, 0.25) is 5.91 Å². The average molecular weight is 243 g/mol. The van der Waals surface area contributed by atoms with Crippen molar-refractivity contribution < 1.29 is 14.7 Å². The lowest BCUT2D eigenvalue weighted by Gasteiger charge is -2.10. The molecule has 0 spiro atoms. The second kappa shape index (κ2) is 6.16. The number of aromatic amines is 1. The standard InChI is InChI=1S/C9H13N3O3S/c1-6(9-10-2-3-11-9)12-7(13)4-16-5-8(14)15/h2-3,6H,4-5H2,1H3,(H,10,11)(H,12,13)(H,14,15). The summed E-state index contributed by atoms with van der Waals surface area (Å²) < 4.78 is 0. The number of nitrogens with one attached hydrogen (secondary N) is 2. The molecule has 1 atom stereocenters. The predicted octanol–water partition coefficient (Wildman–Crippen LogP) is 0.405. The summed E-state index contributed by atoms with van der Waals surface area (Å²) >= 11 is 1.07. The van der Waals surface area contributed by atoms with E-state index in [9.17, 15) is 9.59 Å². The number of H-pyrrole nitrogens is 1. The maximum Gasteiger partial charge on any atom is 0.313 e. The minimum absolute atomic E-state index is 0.0669. The van der Waals surface area contributed by atoms with Crippen LogP contribution in [0.2, 0.25) is 0 Å². The highest BCUT2D eigenvalue weighted by atomic mass is 32.2. The molecule has 1 aromatic heterocycles. The monoisotopic (exact) mass is 243 g/mol. The zero-order valence-corrected chi connectivity index (χ0v) is 9.58. The van der Waals surface area contributed by atoms with Gasteiger partial charge < -0.3 is 15.4 Å². The minimum Gasteiger partial charge on any atom is -0.481 e. The van der Waals surface area contributed by atoms with E-state index >= 15 is 0 Å². The van der Waals surface area contributed by atoms with Crippen molar-refractivity contribution in [3.05, 3.63) is 18.2 Å². The number of amides is 1. The molecule has 88 valence electrons. The van der Waals surface area contributed by atoms with Gasteiger partial charge in [0.15, 0.2) is 0 Å². The van der Waals surface area contributed by atoms with Gasteiger partial charge in [0.1, 0.15) is 5.82 Å². The summed E-state index contributed by atoms with van der Waals surface area (Å²) in [4.78, 5) is 28.5. The number of aliphatic carboxylic acids is 1. The first-order valence-corrected chi connectivity index (χ1v) is 5.83. The number of carboxylic acid groups (broad SMARTS) is 1. The second-order valence-electron chi connectivity index (χ2n) is 3.15. The van der Waals surface area contributed by atoms with Crippen LogP contribution >= 0.6 is 11.8 Å². The first-order chi connectivity index (χ1) is 7.59. The van der Waals surface area contributed by atoms with Gasteiger partial charge in [-0.3, -0.25) is 9.59 Å². The van der Waals surface area contributed by atoms with Crippen molar-refractivity contribution in [3.8, 4) is 0 Å². The molecule has 0 aliphatic carbocycles. The number of thioether (sulfide) groups is 1. The van der Waals surface area contributed by atoms with Crippen molar-refractivity contribution in [1.82, 2.24) is 15.3 Å². The fraction of sp³-hybridized carbons (Fsp3) is 0.444. The predicted molar refractivity (Wildman–Crippen MR) is 60.1 cm³/mol. The molecule has 16 heavy (non-hydrogen) atoms. The van der Waals surface area contributed by atoms with Crippen molar-refractivity contribution in [1.29, 1.82) is 0 Å². The van der Waals surface area contributed by atoms with Crippen LogP contribution < -0.4 is 5.32 Å². The molecule has 0 saturated carbocycles. The van der Waals surface area contributed by atoms with Crippen LogP contribution in [0.5, 0.6) is 0 Å². The molecule has 0 aromatic carbocycles. The first-order valence-electron chi connectivity index (χ1n) is 4.67. The van der Waals surface area contributed by atoms with E-state index in [0.29, 0.717) is 5.82 Å². The Bertz CT molecular complexity index is 353. The second-order valence-corrected chi connectivity index (χ2v) is 4.14. The fourth-order valence-electron chi connectivity index (χ4n) is 1.10. The Morgan fingerprint density at radius 2 is 2.38 bits per heavy atom. The Morgan fingerprint density at radius 1 is 1.62 bits per heavy atom. The summed E-state index contributed by atoms with van der Waals surface area (Å²) in [6, 6.07) is -0.201. The van der Waals surface area contributed by atoms with Gasteiger partial charge >= 0.3 is 5.97 Å². The molecule has 1 unspecified atom stereocenters. The largest absolute Gasteiger partial charge is 0.481 e. The molecular formula is C9H13N3O3S. The normalized spacial score (nSPS) is 12.1. The van der Waals surface area contributed by atoms with Crippen LogP contribution in [0.25, 0.3) is 0 Å². The number of nitrogens with zero attached hydrogens (tertiary/aromatic N) is 1. The third kappa shape index (κ3) is 4.35. The number of hydrogen-bond acceptors (Lipinski definition) is 4. The van der Waals surface area contributed by atoms with E-state index in [2.05, 4.69) is 15.3 Å². The van der Waals surface area contributed by atoms with Gasteiger partial charge in [-0.25, -0.2) is 4.98 Å². The van der Waals surface area contributed by atoms with Crippen LogP contribution in [0.15, 0.2) is 12.4 Å². The lowest BCUT2D eigenvalue weighted by Crippen LogP contribution is -2.29. The summed E-state index contributed by atoms with van der Waals surface area (Å²) in [6.45, 7) is 1.80. The molecule has 0 saturated heterocycles. The molecule has 7 heteroatoms. The van der Waals surface area contributed by atoms with Crippen LogP contribution in [0, 0.1) is 0 Å². The molecule has 0 aliphatic heterocycles. The Morgan fingerprint density at radius 3 is 2.94 bits per heavy atom. The van der Waals surface area contributed by atoms with E-state index in [4.69, 9.17) is 5.11 Å². The zero-order valence-electron chi connectivity index (χ0n) is 8.77. The Hall–Kier alpha value is -1.50. The van der Waals surface area contributed by atoms with E-state index in [1.807, 2.05) is 0 Å². The lowest BCUT2D eigenvalue weighted by molar-refractivity contribution is -0.133. The van der Waals surface area contributed by atoms with E-state index in [-0.39, 0.29) is 23.5 Å². The minimum atomic E-state index is -0.920. The number of imidazole rings is 1. The summed E-state index contributed by atoms with van der Waals surface area (Å²) in [7, 11) is 0. The summed E-state index contributed by atoms with van der Waals surface area (Å²) in [5.74, 6) is -0.372. The van der Waals surface area contributed by atoms with Gasteiger partial charge in [0.25, 0.3) is 0 Å². The van der Waals surface area contributed by atoms with Gasteiger partial charge in [0.05, 0.1) is 17.5 Å². The van der Waals surface area contributed by atoms with Gasteiger partial charge in [-0.2, -0.15) is 0 Å². The summed E-state index contributed by atoms with van der Waals surface area (Å²) in [6.07, 6.45) is 3.29. The van der Waals surface area contributed by atoms with Crippen molar-refractivity contribution in [2.45, 2.75) is 13.0 Å². The molecule has 0 aliphatic rings. The van der Waals surface area contributed by atoms with Crippen LogP contribution in [0.3, 0.4) is 0 Å². The molecule has 1 heterocycles. The maximum absolute atomic E-state index is 11.4. The van der Waals surface area contributed by atoms with Gasteiger partial charge in [-0.05, 0) is 6.92 Å². The molecule has 3 N–H and O–H groups in total. The van der Waals surface area contributed by atoms with Crippen LogP contribution in [-0.4, -0.2) is 38.5 Å². The Balaban J connectivity index is 2.26. The molecule has 1 amide bonds. The molecular weight excluding hydrogens is 230 g/mol. The Kier molecular flexibility index (Phi) is 4.84. The fourth-order valence-corrected chi connectivity index (χ4v) is 1.64. The average Bonchev–Trinajstić information content (AvgIpc) is 2.69. The third-order valence-electron chi connectivity index (χ3n) is 1.77. The molecule has 0 radical (unpaired) electrons. The zero-order chi connectivity index (χ0) is 12.0. The van der Waals surface area contributed by atoms with Gasteiger partial charge in [-0.1, -0.05) is 0 Å². The number of carbonyl (C=O) groups excluding carboxylic acids is 1. The van der Waals surface area contributed by atoms with E-state index in [1.165, 1.54) is 0 Å². The SMILES string of the molecule is CC(NC(=O)CSCC(=O)O)c1ncc[nH]1. The van der Waals surface area contributed by atoms with Gasteiger partial charge in [0, 0.05) is 12.4 Å². The van der Waals surface area contributed by atoms with E-state index in [0.717, 1.165) is 11.8 Å². The van der Waals surface area contributed by atoms with Crippen LogP contribution in [0.4, 0.5) is 0 Å². The molecule has 6 nitrogen and oxygen atoms in total. The smallest absolute Gasteiger partial charge is 0.313 e. The topological polar surface area (TPSA) is 95.1 Å². The summed E-state index contributed by atoms with van der Waals surface area (Å²) in [5, 5.41) is 11.1. The molecule has 1 aromatic rings. The van der Waals surface area contributed by atoms with Crippen molar-refractivity contribution >= 4 is 23.6 Å². The third-order valence-corrected chi connectivity index (χ3v) is 2.68. The molecule has 1 rings (SSSR count). The lowest BCUT2D eigenvalue weighted by atomic mass is 10.3. The Labute approximate surface area is 96.8 Å². The number of aromatic nitrogens is 2. The summed E-state index contributed by atoms with van der Waals surface area (Å²) in [5.41, 5.74) is 0. The van der Waals surface area contributed by atoms with Crippen molar-refractivity contribution in [2.24, 2.45) is 0 Å². The van der Waals surface area contributed by atoms with Gasteiger partial charge in [-0.15, -0.1) is 11.8 Å². The van der Waals surface area contributed by atoms with Crippen LogP contribution in [0.1, 0.15) is 18.8 Å². The first kappa shape index (κ1) is 12.6. The quantitative estimate of drug-likeness (QED) is 0.672. The number of hydrogen-bond donors (Lipinski definition) is 3. The van der Waals surface area contributed by atoms with E-state index in [1.54, 1.807) is 19.3 Å².